The lowest BCUT2D eigenvalue weighted by molar-refractivity contribution is 0.0696. The van der Waals surface area contributed by atoms with Gasteiger partial charge in [-0.3, -0.25) is 4.90 Å². The molecule has 1 aromatic heterocycles. The Morgan fingerprint density at radius 3 is 2.54 bits per heavy atom. The van der Waals surface area contributed by atoms with Crippen LogP contribution in [0.4, 0.5) is 10.5 Å². The summed E-state index contributed by atoms with van der Waals surface area (Å²) in [5.74, 6) is -1.06. The Labute approximate surface area is 162 Å². The van der Waals surface area contributed by atoms with Gasteiger partial charge in [-0.25, -0.2) is 14.6 Å². The Bertz CT molecular complexity index is 982. The number of H-pyrrole nitrogens is 1. The first kappa shape index (κ1) is 19.2. The van der Waals surface area contributed by atoms with Gasteiger partial charge in [0.05, 0.1) is 29.8 Å². The molecule has 0 aliphatic heterocycles. The number of amides is 1. The number of imidazole rings is 1. The molecule has 3 rings (SSSR count). The third-order valence-electron chi connectivity index (χ3n) is 4.41. The molecule has 0 fully saturated rings. The molecule has 0 atom stereocenters. The zero-order valence-corrected chi connectivity index (χ0v) is 15.7. The second-order valence-corrected chi connectivity index (χ2v) is 6.41. The average molecular weight is 379 g/mol. The lowest BCUT2D eigenvalue weighted by atomic mass is 10.1. The Morgan fingerprint density at radius 2 is 1.89 bits per heavy atom. The van der Waals surface area contributed by atoms with Crippen LogP contribution in [-0.2, 0) is 17.9 Å². The summed E-state index contributed by atoms with van der Waals surface area (Å²) in [6.07, 6.45) is 0.982. The molecule has 7 nitrogen and oxygen atoms in total. The molecule has 0 aliphatic rings. The maximum absolute atomic E-state index is 12.9. The van der Waals surface area contributed by atoms with Crippen LogP contribution in [0.3, 0.4) is 0 Å². The number of rotatable bonds is 6. The highest BCUT2D eigenvalue weighted by Gasteiger charge is 2.22. The molecular formula is C21H21N3O4. The minimum atomic E-state index is -1.06. The van der Waals surface area contributed by atoms with Gasteiger partial charge in [0.1, 0.15) is 6.61 Å². The molecule has 2 aromatic carbocycles. The number of carbonyl (C=O) groups excluding carboxylic acids is 1. The van der Waals surface area contributed by atoms with Crippen molar-refractivity contribution in [3.05, 3.63) is 82.9 Å². The number of nitrogens with zero attached hydrogens (tertiary/aromatic N) is 2. The number of aromatic nitrogens is 2. The van der Waals surface area contributed by atoms with Gasteiger partial charge in [-0.2, -0.15) is 0 Å². The number of aromatic amines is 1. The predicted octanol–water partition coefficient (Wildman–Crippen LogP) is 4.07. The van der Waals surface area contributed by atoms with E-state index in [2.05, 4.69) is 9.97 Å². The second-order valence-electron chi connectivity index (χ2n) is 6.41. The van der Waals surface area contributed by atoms with Crippen LogP contribution < -0.4 is 4.90 Å². The number of anilines is 1. The minimum Gasteiger partial charge on any atom is -0.478 e. The molecule has 0 saturated carbocycles. The van der Waals surface area contributed by atoms with Gasteiger partial charge in [-0.15, -0.1) is 0 Å². The number of hydrogen-bond acceptors (Lipinski definition) is 4. The monoisotopic (exact) mass is 379 g/mol. The molecule has 0 saturated heterocycles. The summed E-state index contributed by atoms with van der Waals surface area (Å²) < 4.78 is 5.49. The third-order valence-corrected chi connectivity index (χ3v) is 4.41. The summed E-state index contributed by atoms with van der Waals surface area (Å²) in [4.78, 5) is 32.9. The number of ether oxygens (including phenoxy) is 1. The van der Waals surface area contributed by atoms with E-state index < -0.39 is 12.1 Å². The van der Waals surface area contributed by atoms with Crippen LogP contribution in [0.1, 0.15) is 32.9 Å². The first-order valence-corrected chi connectivity index (χ1v) is 8.76. The fourth-order valence-electron chi connectivity index (χ4n) is 2.77. The highest BCUT2D eigenvalue weighted by molar-refractivity contribution is 5.93. The number of aryl methyl sites for hydroxylation is 2. The molecule has 1 amide bonds. The van der Waals surface area contributed by atoms with E-state index in [1.54, 1.807) is 12.4 Å². The molecule has 0 radical (unpaired) electrons. The maximum Gasteiger partial charge on any atom is 0.414 e. The Morgan fingerprint density at radius 1 is 1.14 bits per heavy atom. The van der Waals surface area contributed by atoms with Crippen molar-refractivity contribution < 1.29 is 19.4 Å². The van der Waals surface area contributed by atoms with Crippen molar-refractivity contribution in [2.24, 2.45) is 0 Å². The summed E-state index contributed by atoms with van der Waals surface area (Å²) in [6.45, 7) is 3.95. The summed E-state index contributed by atoms with van der Waals surface area (Å²) >= 11 is 0. The molecule has 0 bridgehead atoms. The summed E-state index contributed by atoms with van der Waals surface area (Å²) in [6, 6.07) is 14.0. The van der Waals surface area contributed by atoms with E-state index in [0.29, 0.717) is 11.4 Å². The van der Waals surface area contributed by atoms with Crippen LogP contribution in [0.5, 0.6) is 0 Å². The van der Waals surface area contributed by atoms with Crippen LogP contribution in [-0.4, -0.2) is 27.1 Å². The standard InChI is InChI=1S/C21H21N3O4/c1-14-8-9-17(20(25)26)10-19(14)24(11-18-15(2)22-13-23-18)21(27)28-12-16-6-4-3-5-7-16/h3-10,13H,11-12H2,1-2H3,(H,22,23)(H,25,26). The largest absolute Gasteiger partial charge is 0.478 e. The smallest absolute Gasteiger partial charge is 0.414 e. The van der Waals surface area contributed by atoms with Crippen molar-refractivity contribution in [2.75, 3.05) is 4.90 Å². The molecule has 7 heteroatoms. The number of hydrogen-bond donors (Lipinski definition) is 2. The van der Waals surface area contributed by atoms with Gasteiger partial charge in [0, 0.05) is 5.69 Å². The van der Waals surface area contributed by atoms with E-state index in [9.17, 15) is 14.7 Å². The summed E-state index contributed by atoms with van der Waals surface area (Å²) in [5, 5.41) is 9.32. The van der Waals surface area contributed by atoms with Crippen molar-refractivity contribution in [2.45, 2.75) is 27.0 Å². The number of carbonyl (C=O) groups is 2. The summed E-state index contributed by atoms with van der Waals surface area (Å²) in [5.41, 5.74) is 3.70. The average Bonchev–Trinajstić information content (AvgIpc) is 3.10. The van der Waals surface area contributed by atoms with Crippen molar-refractivity contribution in [1.82, 2.24) is 9.97 Å². The van der Waals surface area contributed by atoms with Crippen molar-refractivity contribution in [3.63, 3.8) is 0 Å². The van der Waals surface area contributed by atoms with Crippen LogP contribution in [0.15, 0.2) is 54.9 Å². The highest BCUT2D eigenvalue weighted by Crippen LogP contribution is 2.25. The van der Waals surface area contributed by atoms with Gasteiger partial charge in [-0.05, 0) is 37.1 Å². The molecule has 3 aromatic rings. The molecule has 0 spiro atoms. The topological polar surface area (TPSA) is 95.5 Å². The number of benzene rings is 2. The van der Waals surface area contributed by atoms with Crippen molar-refractivity contribution in [1.29, 1.82) is 0 Å². The Hall–Kier alpha value is -3.61. The fraction of sp³-hybridized carbons (Fsp3) is 0.190. The zero-order chi connectivity index (χ0) is 20.1. The van der Waals surface area contributed by atoms with Crippen LogP contribution >= 0.6 is 0 Å². The third kappa shape index (κ3) is 4.37. The number of nitrogens with one attached hydrogen (secondary N) is 1. The normalized spacial score (nSPS) is 10.5. The molecule has 0 unspecified atom stereocenters. The lowest BCUT2D eigenvalue weighted by Gasteiger charge is -2.24. The Balaban J connectivity index is 1.91. The van der Waals surface area contributed by atoms with E-state index >= 15 is 0 Å². The van der Waals surface area contributed by atoms with Crippen molar-refractivity contribution in [3.8, 4) is 0 Å². The second kappa shape index (κ2) is 8.39. The van der Waals surface area contributed by atoms with Gasteiger partial charge in [0.2, 0.25) is 0 Å². The molecule has 144 valence electrons. The first-order valence-electron chi connectivity index (χ1n) is 8.76. The lowest BCUT2D eigenvalue weighted by Crippen LogP contribution is -2.32. The molecule has 28 heavy (non-hydrogen) atoms. The molecule has 0 aliphatic carbocycles. The van der Waals surface area contributed by atoms with E-state index in [0.717, 1.165) is 16.8 Å². The summed E-state index contributed by atoms with van der Waals surface area (Å²) in [7, 11) is 0. The number of aromatic carboxylic acids is 1. The first-order chi connectivity index (χ1) is 13.5. The highest BCUT2D eigenvalue weighted by atomic mass is 16.6. The molecule has 2 N–H and O–H groups in total. The van der Waals surface area contributed by atoms with Gasteiger partial charge in [0.15, 0.2) is 0 Å². The van der Waals surface area contributed by atoms with Crippen LogP contribution in [0, 0.1) is 13.8 Å². The van der Waals surface area contributed by atoms with E-state index in [1.165, 1.54) is 17.0 Å². The maximum atomic E-state index is 12.9. The van der Waals surface area contributed by atoms with Gasteiger partial charge >= 0.3 is 12.1 Å². The minimum absolute atomic E-state index is 0.0974. The number of carboxylic acids is 1. The van der Waals surface area contributed by atoms with E-state index in [-0.39, 0.29) is 18.7 Å². The van der Waals surface area contributed by atoms with Crippen molar-refractivity contribution >= 4 is 17.7 Å². The van der Waals surface area contributed by atoms with Gasteiger partial charge in [0.25, 0.3) is 0 Å². The SMILES string of the molecule is Cc1ccc(C(=O)O)cc1N(Cc1nc[nH]c1C)C(=O)OCc1ccccc1. The van der Waals surface area contributed by atoms with Crippen LogP contribution in [0.2, 0.25) is 0 Å². The zero-order valence-electron chi connectivity index (χ0n) is 15.7. The fourth-order valence-corrected chi connectivity index (χ4v) is 2.77. The molecule has 1 heterocycles. The quantitative estimate of drug-likeness (QED) is 0.673. The van der Waals surface area contributed by atoms with Gasteiger partial charge in [-0.1, -0.05) is 36.4 Å². The van der Waals surface area contributed by atoms with Crippen LogP contribution in [0.25, 0.3) is 0 Å². The molecular weight excluding hydrogens is 358 g/mol. The Kier molecular flexibility index (Phi) is 5.74. The predicted molar refractivity (Wildman–Crippen MR) is 104 cm³/mol. The van der Waals surface area contributed by atoms with E-state index in [4.69, 9.17) is 4.74 Å². The van der Waals surface area contributed by atoms with Gasteiger partial charge < -0.3 is 14.8 Å². The van der Waals surface area contributed by atoms with E-state index in [1.807, 2.05) is 44.2 Å². The number of carboxylic acid groups (broad SMARTS) is 1.